The van der Waals surface area contributed by atoms with Crippen molar-refractivity contribution >= 4 is 17.5 Å². The predicted molar refractivity (Wildman–Crippen MR) is 94.6 cm³/mol. The van der Waals surface area contributed by atoms with Crippen LogP contribution in [-0.4, -0.2) is 41.9 Å². The zero-order chi connectivity index (χ0) is 17.6. The van der Waals surface area contributed by atoms with E-state index in [4.69, 9.17) is 0 Å². The van der Waals surface area contributed by atoms with E-state index in [-0.39, 0.29) is 30.4 Å². The Bertz CT molecular complexity index is 562. The summed E-state index contributed by atoms with van der Waals surface area (Å²) in [5, 5.41) is 5.79. The van der Waals surface area contributed by atoms with E-state index in [9.17, 15) is 9.59 Å². The van der Waals surface area contributed by atoms with Crippen LogP contribution in [0.25, 0.3) is 0 Å². The standard InChI is InChI=1S/C18H29N3O2/c1-7-21(12-17(23)20-18(4,5)6)11-16(22)19-15-9-8-13(2)14(3)10-15/h8-10H,7,11-12H2,1-6H3,(H,19,22)(H,20,23). The van der Waals surface area contributed by atoms with Gasteiger partial charge in [-0.25, -0.2) is 0 Å². The van der Waals surface area contributed by atoms with E-state index in [1.165, 1.54) is 5.56 Å². The highest BCUT2D eigenvalue weighted by molar-refractivity contribution is 5.92. The van der Waals surface area contributed by atoms with E-state index in [1.807, 2.05) is 64.6 Å². The molecular weight excluding hydrogens is 290 g/mol. The van der Waals surface area contributed by atoms with E-state index < -0.39 is 0 Å². The van der Waals surface area contributed by atoms with Crippen LogP contribution >= 0.6 is 0 Å². The third-order valence-electron chi connectivity index (χ3n) is 3.49. The van der Waals surface area contributed by atoms with Gasteiger partial charge in [-0.15, -0.1) is 0 Å². The number of carbonyl (C=O) groups excluding carboxylic acids is 2. The minimum absolute atomic E-state index is 0.0710. The number of amides is 2. The molecule has 0 fully saturated rings. The lowest BCUT2D eigenvalue weighted by Crippen LogP contribution is -2.47. The van der Waals surface area contributed by atoms with Crippen molar-refractivity contribution in [1.29, 1.82) is 0 Å². The number of benzene rings is 1. The Labute approximate surface area is 139 Å². The molecule has 23 heavy (non-hydrogen) atoms. The van der Waals surface area contributed by atoms with Gasteiger partial charge in [0.2, 0.25) is 11.8 Å². The fourth-order valence-electron chi connectivity index (χ4n) is 2.16. The van der Waals surface area contributed by atoms with Crippen molar-refractivity contribution in [1.82, 2.24) is 10.2 Å². The van der Waals surface area contributed by atoms with E-state index in [0.717, 1.165) is 11.3 Å². The van der Waals surface area contributed by atoms with Crippen LogP contribution in [0.5, 0.6) is 0 Å². The Morgan fingerprint density at radius 2 is 1.65 bits per heavy atom. The lowest BCUT2D eigenvalue weighted by molar-refractivity contribution is -0.124. The Morgan fingerprint density at radius 1 is 1.04 bits per heavy atom. The number of anilines is 1. The number of carbonyl (C=O) groups is 2. The van der Waals surface area contributed by atoms with Gasteiger partial charge in [0.15, 0.2) is 0 Å². The summed E-state index contributed by atoms with van der Waals surface area (Å²) < 4.78 is 0. The summed E-state index contributed by atoms with van der Waals surface area (Å²) in [6.45, 7) is 12.9. The molecule has 0 saturated carbocycles. The van der Waals surface area contributed by atoms with Crippen LogP contribution in [0.2, 0.25) is 0 Å². The molecule has 0 aliphatic heterocycles. The molecule has 0 aliphatic carbocycles. The monoisotopic (exact) mass is 319 g/mol. The molecule has 0 heterocycles. The van der Waals surface area contributed by atoms with Crippen molar-refractivity contribution < 1.29 is 9.59 Å². The second-order valence-electron chi connectivity index (χ2n) is 6.95. The SMILES string of the molecule is CCN(CC(=O)Nc1ccc(C)c(C)c1)CC(=O)NC(C)(C)C. The van der Waals surface area contributed by atoms with Gasteiger partial charge >= 0.3 is 0 Å². The second kappa shape index (κ2) is 8.11. The first-order valence-corrected chi connectivity index (χ1v) is 8.01. The zero-order valence-corrected chi connectivity index (χ0v) is 15.1. The number of hydrogen-bond donors (Lipinski definition) is 2. The van der Waals surface area contributed by atoms with Crippen LogP contribution in [0.3, 0.4) is 0 Å². The summed E-state index contributed by atoms with van der Waals surface area (Å²) in [6, 6.07) is 5.83. The maximum atomic E-state index is 12.2. The number of rotatable bonds is 6. The number of hydrogen-bond acceptors (Lipinski definition) is 3. The lowest BCUT2D eigenvalue weighted by atomic mass is 10.1. The molecule has 0 spiro atoms. The first-order chi connectivity index (χ1) is 10.6. The summed E-state index contributed by atoms with van der Waals surface area (Å²) in [7, 11) is 0. The van der Waals surface area contributed by atoms with Gasteiger partial charge in [-0.05, 0) is 64.4 Å². The maximum absolute atomic E-state index is 12.2. The van der Waals surface area contributed by atoms with Crippen molar-refractivity contribution in [2.24, 2.45) is 0 Å². The van der Waals surface area contributed by atoms with Crippen LogP contribution < -0.4 is 10.6 Å². The van der Waals surface area contributed by atoms with Gasteiger partial charge in [0, 0.05) is 11.2 Å². The molecule has 5 nitrogen and oxygen atoms in total. The van der Waals surface area contributed by atoms with Gasteiger partial charge in [-0.2, -0.15) is 0 Å². The molecule has 0 aromatic heterocycles. The summed E-state index contributed by atoms with van der Waals surface area (Å²) in [6.07, 6.45) is 0. The topological polar surface area (TPSA) is 61.4 Å². The molecule has 1 rings (SSSR count). The van der Waals surface area contributed by atoms with E-state index in [2.05, 4.69) is 10.6 Å². The van der Waals surface area contributed by atoms with E-state index in [0.29, 0.717) is 6.54 Å². The van der Waals surface area contributed by atoms with E-state index in [1.54, 1.807) is 0 Å². The average Bonchev–Trinajstić information content (AvgIpc) is 2.40. The molecule has 0 radical (unpaired) electrons. The number of aryl methyl sites for hydroxylation is 2. The van der Waals surface area contributed by atoms with E-state index >= 15 is 0 Å². The first-order valence-electron chi connectivity index (χ1n) is 8.01. The summed E-state index contributed by atoms with van der Waals surface area (Å²) in [4.78, 5) is 25.9. The third-order valence-corrected chi connectivity index (χ3v) is 3.49. The molecule has 5 heteroatoms. The van der Waals surface area contributed by atoms with Crippen molar-refractivity contribution in [2.45, 2.75) is 47.1 Å². The van der Waals surface area contributed by atoms with Crippen molar-refractivity contribution in [3.8, 4) is 0 Å². The highest BCUT2D eigenvalue weighted by Gasteiger charge is 2.17. The molecule has 0 atom stereocenters. The summed E-state index contributed by atoms with van der Waals surface area (Å²) in [5.41, 5.74) is 2.85. The molecule has 2 N–H and O–H groups in total. The molecule has 2 amide bonds. The van der Waals surface area contributed by atoms with Gasteiger partial charge in [0.25, 0.3) is 0 Å². The Morgan fingerprint density at radius 3 is 2.17 bits per heavy atom. The van der Waals surface area contributed by atoms with Gasteiger partial charge in [0.1, 0.15) is 0 Å². The van der Waals surface area contributed by atoms with Crippen molar-refractivity contribution in [3.63, 3.8) is 0 Å². The largest absolute Gasteiger partial charge is 0.350 e. The minimum Gasteiger partial charge on any atom is -0.350 e. The Balaban J connectivity index is 2.56. The van der Waals surface area contributed by atoms with Crippen LogP contribution in [-0.2, 0) is 9.59 Å². The predicted octanol–water partition coefficient (Wildman–Crippen LogP) is 2.48. The number of likely N-dealkylation sites (N-methyl/N-ethyl adjacent to an activating group) is 1. The van der Waals surface area contributed by atoms with Crippen LogP contribution in [0.1, 0.15) is 38.8 Å². The molecule has 128 valence electrons. The molecule has 0 aliphatic rings. The van der Waals surface area contributed by atoms with Gasteiger partial charge in [-0.1, -0.05) is 13.0 Å². The molecule has 1 aromatic carbocycles. The average molecular weight is 319 g/mol. The number of nitrogens with one attached hydrogen (secondary N) is 2. The summed E-state index contributed by atoms with van der Waals surface area (Å²) in [5.74, 6) is -0.183. The lowest BCUT2D eigenvalue weighted by Gasteiger charge is -2.24. The minimum atomic E-state index is -0.266. The van der Waals surface area contributed by atoms with Gasteiger partial charge < -0.3 is 10.6 Å². The van der Waals surface area contributed by atoms with Crippen LogP contribution in [0.15, 0.2) is 18.2 Å². The Kier molecular flexibility index (Phi) is 6.76. The fraction of sp³-hybridized carbons (Fsp3) is 0.556. The van der Waals surface area contributed by atoms with Crippen molar-refractivity contribution in [3.05, 3.63) is 29.3 Å². The molecular formula is C18H29N3O2. The normalized spacial score (nSPS) is 11.4. The zero-order valence-electron chi connectivity index (χ0n) is 15.1. The van der Waals surface area contributed by atoms with Gasteiger partial charge in [0.05, 0.1) is 13.1 Å². The Hall–Kier alpha value is -1.88. The second-order valence-corrected chi connectivity index (χ2v) is 6.95. The molecule has 0 bridgehead atoms. The fourth-order valence-corrected chi connectivity index (χ4v) is 2.16. The quantitative estimate of drug-likeness (QED) is 0.847. The highest BCUT2D eigenvalue weighted by Crippen LogP contribution is 2.14. The van der Waals surface area contributed by atoms with Crippen molar-refractivity contribution in [2.75, 3.05) is 25.0 Å². The smallest absolute Gasteiger partial charge is 0.238 e. The molecule has 0 unspecified atom stereocenters. The summed E-state index contributed by atoms with van der Waals surface area (Å²) >= 11 is 0. The third kappa shape index (κ3) is 7.28. The molecule has 0 saturated heterocycles. The van der Waals surface area contributed by atoms with Crippen LogP contribution in [0, 0.1) is 13.8 Å². The highest BCUT2D eigenvalue weighted by atomic mass is 16.2. The first kappa shape index (κ1) is 19.2. The molecule has 1 aromatic rings. The van der Waals surface area contributed by atoms with Crippen LogP contribution in [0.4, 0.5) is 5.69 Å². The number of nitrogens with zero attached hydrogens (tertiary/aromatic N) is 1. The maximum Gasteiger partial charge on any atom is 0.238 e. The van der Waals surface area contributed by atoms with Gasteiger partial charge in [-0.3, -0.25) is 14.5 Å².